The summed E-state index contributed by atoms with van der Waals surface area (Å²) in [6.45, 7) is 9.40. The number of amides is 1. The second-order valence-corrected chi connectivity index (χ2v) is 7.21. The highest BCUT2D eigenvalue weighted by Gasteiger charge is 2.27. The Balaban J connectivity index is 1.81. The number of hydrogen-bond donors (Lipinski definition) is 0. The number of fused-ring (bicyclic) bond motifs is 1. The van der Waals surface area contributed by atoms with Gasteiger partial charge in [-0.15, -0.1) is 0 Å². The van der Waals surface area contributed by atoms with Crippen molar-refractivity contribution in [3.05, 3.63) is 23.8 Å². The van der Waals surface area contributed by atoms with Gasteiger partial charge in [0.05, 0.1) is 18.8 Å². The Hall–Kier alpha value is -1.91. The number of para-hydroxylation sites is 1. The van der Waals surface area contributed by atoms with Gasteiger partial charge in [-0.2, -0.15) is 0 Å². The van der Waals surface area contributed by atoms with E-state index in [9.17, 15) is 4.79 Å². The number of benzene rings is 1. The van der Waals surface area contributed by atoms with Crippen LogP contribution in [0.25, 0.3) is 0 Å². The third-order valence-electron chi connectivity index (χ3n) is 4.14. The van der Waals surface area contributed by atoms with E-state index < -0.39 is 5.60 Å². The predicted octanol–water partition coefficient (Wildman–Crippen LogP) is 3.42. The maximum absolute atomic E-state index is 12.4. The van der Waals surface area contributed by atoms with Crippen molar-refractivity contribution in [1.29, 1.82) is 0 Å². The molecule has 0 aromatic heterocycles. The topological polar surface area (TPSA) is 42.0 Å². The van der Waals surface area contributed by atoms with Gasteiger partial charge in [0, 0.05) is 18.7 Å². The fourth-order valence-electron chi connectivity index (χ4n) is 3.09. The van der Waals surface area contributed by atoms with Gasteiger partial charge >= 0.3 is 6.09 Å². The van der Waals surface area contributed by atoms with Crippen molar-refractivity contribution in [1.82, 2.24) is 4.90 Å². The smallest absolute Gasteiger partial charge is 0.410 e. The summed E-state index contributed by atoms with van der Waals surface area (Å²) < 4.78 is 11.5. The van der Waals surface area contributed by atoms with Crippen molar-refractivity contribution < 1.29 is 14.3 Å². The van der Waals surface area contributed by atoms with Crippen LogP contribution in [0.1, 0.15) is 39.2 Å². The molecule has 1 amide bonds. The quantitative estimate of drug-likeness (QED) is 0.796. The van der Waals surface area contributed by atoms with Crippen LogP contribution in [0.2, 0.25) is 0 Å². The second kappa shape index (κ2) is 6.30. The summed E-state index contributed by atoms with van der Waals surface area (Å²) in [6.07, 6.45) is 2.18. The molecule has 0 aliphatic carbocycles. The molecule has 0 spiro atoms. The molecule has 1 aromatic rings. The SMILES string of the molecule is CC(C)(C)OC(=O)N1CCOc2c(cccc2N2CCCC2)C1. The van der Waals surface area contributed by atoms with E-state index in [1.54, 1.807) is 4.90 Å². The van der Waals surface area contributed by atoms with Crippen molar-refractivity contribution in [2.75, 3.05) is 31.1 Å². The van der Waals surface area contributed by atoms with Gasteiger partial charge in [-0.3, -0.25) is 0 Å². The third kappa shape index (κ3) is 3.71. The predicted molar refractivity (Wildman–Crippen MR) is 90.0 cm³/mol. The first-order valence-electron chi connectivity index (χ1n) is 8.41. The molecule has 1 aromatic carbocycles. The fourth-order valence-corrected chi connectivity index (χ4v) is 3.09. The minimum atomic E-state index is -0.482. The lowest BCUT2D eigenvalue weighted by Crippen LogP contribution is -2.37. The van der Waals surface area contributed by atoms with Crippen molar-refractivity contribution in [2.45, 2.75) is 45.8 Å². The van der Waals surface area contributed by atoms with E-state index in [0.717, 1.165) is 30.1 Å². The monoisotopic (exact) mass is 318 g/mol. The number of carbonyl (C=O) groups excluding carboxylic acids is 1. The zero-order chi connectivity index (χ0) is 16.4. The molecule has 2 heterocycles. The van der Waals surface area contributed by atoms with Gasteiger partial charge in [0.2, 0.25) is 0 Å². The molecule has 0 N–H and O–H groups in total. The molecule has 0 radical (unpaired) electrons. The lowest BCUT2D eigenvalue weighted by atomic mass is 10.1. The molecule has 23 heavy (non-hydrogen) atoms. The Morgan fingerprint density at radius 3 is 2.61 bits per heavy atom. The summed E-state index contributed by atoms with van der Waals surface area (Å²) in [5.41, 5.74) is 1.73. The summed E-state index contributed by atoms with van der Waals surface area (Å²) in [6, 6.07) is 6.21. The van der Waals surface area contributed by atoms with Crippen LogP contribution < -0.4 is 9.64 Å². The normalized spacial score (nSPS) is 18.2. The zero-order valence-corrected chi connectivity index (χ0v) is 14.3. The number of carbonyl (C=O) groups is 1. The minimum absolute atomic E-state index is 0.277. The molecule has 0 unspecified atom stereocenters. The van der Waals surface area contributed by atoms with Gasteiger partial charge in [0.15, 0.2) is 0 Å². The van der Waals surface area contributed by atoms with E-state index in [1.165, 1.54) is 12.8 Å². The van der Waals surface area contributed by atoms with Gasteiger partial charge < -0.3 is 19.3 Å². The molecule has 2 aliphatic rings. The van der Waals surface area contributed by atoms with Gasteiger partial charge in [0.25, 0.3) is 0 Å². The van der Waals surface area contributed by atoms with Crippen LogP contribution in [0.3, 0.4) is 0 Å². The maximum atomic E-state index is 12.4. The standard InChI is InChI=1S/C18H26N2O3/c1-18(2,3)23-17(21)20-11-12-22-16-14(13-20)7-6-8-15(16)19-9-4-5-10-19/h6-8H,4-5,9-13H2,1-3H3. The van der Waals surface area contributed by atoms with E-state index in [1.807, 2.05) is 26.8 Å². The maximum Gasteiger partial charge on any atom is 0.410 e. The van der Waals surface area contributed by atoms with Crippen molar-refractivity contribution in [2.24, 2.45) is 0 Å². The van der Waals surface area contributed by atoms with E-state index in [0.29, 0.717) is 19.7 Å². The zero-order valence-electron chi connectivity index (χ0n) is 14.3. The molecule has 2 aliphatic heterocycles. The van der Waals surface area contributed by atoms with E-state index in [2.05, 4.69) is 17.0 Å². The Morgan fingerprint density at radius 2 is 1.91 bits per heavy atom. The van der Waals surface area contributed by atoms with E-state index in [-0.39, 0.29) is 6.09 Å². The minimum Gasteiger partial charge on any atom is -0.489 e. The van der Waals surface area contributed by atoms with E-state index in [4.69, 9.17) is 9.47 Å². The summed E-state index contributed by atoms with van der Waals surface area (Å²) in [5.74, 6) is 0.931. The highest BCUT2D eigenvalue weighted by atomic mass is 16.6. The third-order valence-corrected chi connectivity index (χ3v) is 4.14. The fraction of sp³-hybridized carbons (Fsp3) is 0.611. The number of hydrogen-bond acceptors (Lipinski definition) is 4. The molecular weight excluding hydrogens is 292 g/mol. The molecule has 3 rings (SSSR count). The van der Waals surface area contributed by atoms with Gasteiger partial charge in [-0.25, -0.2) is 4.79 Å². The Bertz CT molecular complexity index is 574. The molecule has 1 fully saturated rings. The van der Waals surface area contributed by atoms with Crippen LogP contribution in [-0.2, 0) is 11.3 Å². The van der Waals surface area contributed by atoms with Crippen LogP contribution in [0.5, 0.6) is 5.75 Å². The summed E-state index contributed by atoms with van der Waals surface area (Å²) in [5, 5.41) is 0. The first-order chi connectivity index (χ1) is 10.9. The average Bonchev–Trinajstić information content (AvgIpc) is 2.90. The highest BCUT2D eigenvalue weighted by molar-refractivity contribution is 5.69. The molecule has 0 saturated carbocycles. The number of ether oxygens (including phenoxy) is 2. The average molecular weight is 318 g/mol. The lowest BCUT2D eigenvalue weighted by Gasteiger charge is -2.26. The molecule has 5 nitrogen and oxygen atoms in total. The lowest BCUT2D eigenvalue weighted by molar-refractivity contribution is 0.0225. The van der Waals surface area contributed by atoms with Gasteiger partial charge in [0.1, 0.15) is 18.0 Å². The first kappa shape index (κ1) is 16.0. The van der Waals surface area contributed by atoms with Crippen LogP contribution in [-0.4, -0.2) is 42.8 Å². The number of rotatable bonds is 1. The molecule has 0 bridgehead atoms. The molecule has 126 valence electrons. The van der Waals surface area contributed by atoms with Gasteiger partial charge in [-0.1, -0.05) is 12.1 Å². The molecular formula is C18H26N2O3. The largest absolute Gasteiger partial charge is 0.489 e. The van der Waals surface area contributed by atoms with Crippen LogP contribution in [0.4, 0.5) is 10.5 Å². The first-order valence-corrected chi connectivity index (χ1v) is 8.41. The highest BCUT2D eigenvalue weighted by Crippen LogP contribution is 2.36. The Kier molecular flexibility index (Phi) is 4.37. The Labute approximate surface area is 138 Å². The summed E-state index contributed by atoms with van der Waals surface area (Å²) in [7, 11) is 0. The van der Waals surface area contributed by atoms with Crippen molar-refractivity contribution in [3.63, 3.8) is 0 Å². The van der Waals surface area contributed by atoms with E-state index >= 15 is 0 Å². The van der Waals surface area contributed by atoms with Crippen LogP contribution in [0.15, 0.2) is 18.2 Å². The second-order valence-electron chi connectivity index (χ2n) is 7.21. The van der Waals surface area contributed by atoms with Gasteiger partial charge in [-0.05, 0) is 39.7 Å². The van der Waals surface area contributed by atoms with Crippen molar-refractivity contribution >= 4 is 11.8 Å². The van der Waals surface area contributed by atoms with Crippen LogP contribution in [0, 0.1) is 0 Å². The Morgan fingerprint density at radius 1 is 1.17 bits per heavy atom. The number of nitrogens with zero attached hydrogens (tertiary/aromatic N) is 2. The molecule has 5 heteroatoms. The molecule has 0 atom stereocenters. The molecule has 1 saturated heterocycles. The number of anilines is 1. The summed E-state index contributed by atoms with van der Waals surface area (Å²) >= 11 is 0. The van der Waals surface area contributed by atoms with Crippen LogP contribution >= 0.6 is 0 Å². The van der Waals surface area contributed by atoms with Crippen molar-refractivity contribution in [3.8, 4) is 5.75 Å². The summed E-state index contributed by atoms with van der Waals surface area (Å²) in [4.78, 5) is 16.5.